The summed E-state index contributed by atoms with van der Waals surface area (Å²) in [5, 5.41) is 10.6. The van der Waals surface area contributed by atoms with Crippen molar-refractivity contribution in [3.63, 3.8) is 0 Å². The molecule has 0 aliphatic rings. The van der Waals surface area contributed by atoms with E-state index in [0.717, 1.165) is 25.8 Å². The van der Waals surface area contributed by atoms with Gasteiger partial charge in [0.1, 0.15) is 0 Å². The second-order valence-electron chi connectivity index (χ2n) is 5.01. The molecule has 4 rings (SSSR count). The first-order valence-electron chi connectivity index (χ1n) is 6.89. The Morgan fingerprint density at radius 3 is 2.70 bits per heavy atom. The lowest BCUT2D eigenvalue weighted by Crippen LogP contribution is -1.94. The maximum absolute atomic E-state index is 11.3. The Kier molecular flexibility index (Phi) is 3.41. The van der Waals surface area contributed by atoms with Crippen LogP contribution in [0.5, 0.6) is 0 Å². The highest BCUT2D eigenvalue weighted by Crippen LogP contribution is 2.32. The van der Waals surface area contributed by atoms with Gasteiger partial charge in [-0.05, 0) is 65.1 Å². The molecule has 0 atom stereocenters. The predicted octanol–water partition coefficient (Wildman–Crippen LogP) is 3.86. The van der Waals surface area contributed by atoms with E-state index in [4.69, 9.17) is 4.42 Å². The van der Waals surface area contributed by atoms with Gasteiger partial charge in [0.25, 0.3) is 5.89 Å². The highest BCUT2D eigenvalue weighted by molar-refractivity contribution is 14.1. The third-order valence-electron chi connectivity index (χ3n) is 3.48. The Labute approximate surface area is 144 Å². The predicted molar refractivity (Wildman–Crippen MR) is 96.9 cm³/mol. The van der Waals surface area contributed by atoms with Gasteiger partial charge in [-0.25, -0.2) is 9.89 Å². The maximum Gasteiger partial charge on any atom is 0.434 e. The van der Waals surface area contributed by atoms with Crippen LogP contribution in [0.1, 0.15) is 0 Å². The van der Waals surface area contributed by atoms with Crippen molar-refractivity contribution in [1.29, 1.82) is 0 Å². The molecule has 0 unspecified atom stereocenters. The number of aromatic nitrogens is 3. The number of nitrogens with one attached hydrogen (secondary N) is 3. The Bertz CT molecular complexity index is 1030. The molecule has 0 spiro atoms. The Morgan fingerprint density at radius 1 is 1.13 bits per heavy atom. The van der Waals surface area contributed by atoms with Gasteiger partial charge in [-0.3, -0.25) is 0 Å². The summed E-state index contributed by atoms with van der Waals surface area (Å²) in [5.74, 6) is -0.319. The fraction of sp³-hybridized carbons (Fsp3) is 0. The standard InChI is InChI=1S/C16H11IN4O2/c17-10-1-3-11(4-2-10)19-14-8-13-9(5-6-18-13)7-12(14)15-20-21-16(22)23-15/h1-8,18-19H,(H,21,22). The summed E-state index contributed by atoms with van der Waals surface area (Å²) in [6.45, 7) is 0. The van der Waals surface area contributed by atoms with E-state index in [2.05, 4.69) is 43.1 Å². The van der Waals surface area contributed by atoms with Gasteiger partial charge in [-0.1, -0.05) is 0 Å². The first-order valence-corrected chi connectivity index (χ1v) is 7.96. The smallest absolute Gasteiger partial charge is 0.388 e. The second kappa shape index (κ2) is 5.58. The average Bonchev–Trinajstić information content (AvgIpc) is 3.17. The first kappa shape index (κ1) is 14.1. The van der Waals surface area contributed by atoms with Crippen LogP contribution in [0.3, 0.4) is 0 Å². The van der Waals surface area contributed by atoms with Crippen LogP contribution in [0.15, 0.2) is 57.9 Å². The number of halogens is 1. The summed E-state index contributed by atoms with van der Waals surface area (Å²) >= 11 is 2.26. The zero-order valence-electron chi connectivity index (χ0n) is 11.8. The molecule has 0 bridgehead atoms. The van der Waals surface area contributed by atoms with E-state index in [1.807, 2.05) is 48.7 Å². The van der Waals surface area contributed by atoms with Gasteiger partial charge in [0.2, 0.25) is 0 Å². The molecule has 0 radical (unpaired) electrons. The van der Waals surface area contributed by atoms with Gasteiger partial charge < -0.3 is 14.7 Å². The van der Waals surface area contributed by atoms with Crippen LogP contribution in [-0.4, -0.2) is 15.2 Å². The maximum atomic E-state index is 11.3. The van der Waals surface area contributed by atoms with Crippen LogP contribution < -0.4 is 11.1 Å². The molecule has 0 saturated carbocycles. The van der Waals surface area contributed by atoms with Gasteiger partial charge in [0.15, 0.2) is 0 Å². The molecular formula is C16H11IN4O2. The van der Waals surface area contributed by atoms with E-state index in [-0.39, 0.29) is 5.89 Å². The fourth-order valence-corrected chi connectivity index (χ4v) is 2.77. The second-order valence-corrected chi connectivity index (χ2v) is 6.26. The Hall–Kier alpha value is -2.55. The molecule has 0 fully saturated rings. The van der Waals surface area contributed by atoms with E-state index < -0.39 is 5.76 Å². The average molecular weight is 418 g/mol. The summed E-state index contributed by atoms with van der Waals surface area (Å²) < 4.78 is 6.28. The summed E-state index contributed by atoms with van der Waals surface area (Å²) in [4.78, 5) is 14.4. The largest absolute Gasteiger partial charge is 0.434 e. The van der Waals surface area contributed by atoms with Crippen molar-refractivity contribution in [1.82, 2.24) is 15.2 Å². The molecule has 3 N–H and O–H groups in total. The van der Waals surface area contributed by atoms with Crippen molar-refractivity contribution in [2.45, 2.75) is 0 Å². The summed E-state index contributed by atoms with van der Waals surface area (Å²) in [6, 6.07) is 13.9. The van der Waals surface area contributed by atoms with E-state index in [1.54, 1.807) is 0 Å². The van der Waals surface area contributed by atoms with Gasteiger partial charge >= 0.3 is 5.76 Å². The monoisotopic (exact) mass is 418 g/mol. The molecule has 6 nitrogen and oxygen atoms in total. The number of aromatic amines is 2. The van der Waals surface area contributed by atoms with Crippen molar-refractivity contribution in [3.05, 3.63) is 62.8 Å². The van der Waals surface area contributed by atoms with E-state index in [9.17, 15) is 4.79 Å². The van der Waals surface area contributed by atoms with Crippen molar-refractivity contribution in [3.8, 4) is 11.5 Å². The highest BCUT2D eigenvalue weighted by Gasteiger charge is 2.13. The SMILES string of the molecule is O=c1[nH]nc(-c2cc3cc[nH]c3cc2Nc2ccc(I)cc2)o1. The van der Waals surface area contributed by atoms with E-state index >= 15 is 0 Å². The van der Waals surface area contributed by atoms with Gasteiger partial charge in [0, 0.05) is 26.4 Å². The lowest BCUT2D eigenvalue weighted by Gasteiger charge is -2.10. The minimum atomic E-state index is -0.575. The topological polar surface area (TPSA) is 86.7 Å². The number of anilines is 2. The van der Waals surface area contributed by atoms with Gasteiger partial charge in [0.05, 0.1) is 11.3 Å². The molecule has 114 valence electrons. The molecule has 7 heteroatoms. The zero-order chi connectivity index (χ0) is 15.8. The van der Waals surface area contributed by atoms with Crippen LogP contribution in [0.4, 0.5) is 11.4 Å². The van der Waals surface area contributed by atoms with Crippen molar-refractivity contribution >= 4 is 44.9 Å². The molecule has 0 aliphatic carbocycles. The minimum Gasteiger partial charge on any atom is -0.388 e. The van der Waals surface area contributed by atoms with Gasteiger partial charge in [-0.15, -0.1) is 5.10 Å². The van der Waals surface area contributed by atoms with Crippen molar-refractivity contribution in [2.24, 2.45) is 0 Å². The number of nitrogens with zero attached hydrogens (tertiary/aromatic N) is 1. The van der Waals surface area contributed by atoms with Crippen molar-refractivity contribution < 1.29 is 4.42 Å². The zero-order valence-corrected chi connectivity index (χ0v) is 13.9. The molecule has 0 amide bonds. The normalized spacial score (nSPS) is 11.0. The number of hydrogen-bond acceptors (Lipinski definition) is 4. The highest BCUT2D eigenvalue weighted by atomic mass is 127. The van der Waals surface area contributed by atoms with Crippen LogP contribution >= 0.6 is 22.6 Å². The number of rotatable bonds is 3. The molecule has 2 aromatic carbocycles. The quantitative estimate of drug-likeness (QED) is 0.441. The minimum absolute atomic E-state index is 0.256. The Morgan fingerprint density at radius 2 is 1.96 bits per heavy atom. The number of H-pyrrole nitrogens is 2. The van der Waals surface area contributed by atoms with Crippen LogP contribution in [0.2, 0.25) is 0 Å². The molecule has 4 aromatic rings. The molecule has 2 heterocycles. The van der Waals surface area contributed by atoms with E-state index in [0.29, 0.717) is 5.56 Å². The molecule has 23 heavy (non-hydrogen) atoms. The number of fused-ring (bicyclic) bond motifs is 1. The lowest BCUT2D eigenvalue weighted by molar-refractivity contribution is 0.527. The summed E-state index contributed by atoms with van der Waals surface area (Å²) in [7, 11) is 0. The van der Waals surface area contributed by atoms with Crippen LogP contribution in [0, 0.1) is 3.57 Å². The third kappa shape index (κ3) is 2.74. The van der Waals surface area contributed by atoms with Crippen molar-refractivity contribution in [2.75, 3.05) is 5.32 Å². The molecule has 2 aromatic heterocycles. The number of hydrogen-bond donors (Lipinski definition) is 3. The van der Waals surface area contributed by atoms with Gasteiger partial charge in [-0.2, -0.15) is 0 Å². The molecular weight excluding hydrogens is 407 g/mol. The molecule has 0 saturated heterocycles. The first-order chi connectivity index (χ1) is 11.2. The Balaban J connectivity index is 1.85. The lowest BCUT2D eigenvalue weighted by atomic mass is 10.1. The van der Waals surface area contributed by atoms with E-state index in [1.165, 1.54) is 0 Å². The third-order valence-corrected chi connectivity index (χ3v) is 4.20. The summed E-state index contributed by atoms with van der Waals surface area (Å²) in [5.41, 5.74) is 3.44. The van der Waals surface area contributed by atoms with Crippen LogP contribution in [-0.2, 0) is 0 Å². The molecule has 0 aliphatic heterocycles. The fourth-order valence-electron chi connectivity index (χ4n) is 2.41. The number of benzene rings is 2. The van der Waals surface area contributed by atoms with Crippen LogP contribution in [0.25, 0.3) is 22.4 Å². The summed E-state index contributed by atoms with van der Waals surface area (Å²) in [6.07, 6.45) is 1.86.